The van der Waals surface area contributed by atoms with Crippen LogP contribution in [0.5, 0.6) is 0 Å². The van der Waals surface area contributed by atoms with Gasteiger partial charge in [-0.2, -0.15) is 5.10 Å². The van der Waals surface area contributed by atoms with Gasteiger partial charge in [0.05, 0.1) is 13.2 Å². The lowest BCUT2D eigenvalue weighted by Crippen LogP contribution is -2.38. The Morgan fingerprint density at radius 2 is 2.24 bits per heavy atom. The van der Waals surface area contributed by atoms with E-state index in [-0.39, 0.29) is 6.10 Å². The summed E-state index contributed by atoms with van der Waals surface area (Å²) in [6.45, 7) is 4.78. The quantitative estimate of drug-likeness (QED) is 0.895. The van der Waals surface area contributed by atoms with Crippen LogP contribution in [-0.2, 0) is 11.3 Å². The fraction of sp³-hybridized carbons (Fsp3) is 0.692. The molecule has 2 aromatic heterocycles. The molecule has 0 radical (unpaired) electrons. The van der Waals surface area contributed by atoms with Crippen molar-refractivity contribution in [3.8, 4) is 0 Å². The molecule has 2 fully saturated rings. The molecule has 8 heteroatoms. The van der Waals surface area contributed by atoms with Crippen LogP contribution in [0.2, 0.25) is 0 Å². The van der Waals surface area contributed by atoms with Crippen LogP contribution < -0.4 is 0 Å². The van der Waals surface area contributed by atoms with E-state index in [4.69, 9.17) is 9.15 Å². The zero-order chi connectivity index (χ0) is 14.2. The molecule has 4 rings (SSSR count). The SMILES string of the molecule is Cc1nc(C2CN(Cc3nnc(C4CC4)o3)CCO2)n[nH]1. The van der Waals surface area contributed by atoms with Crippen molar-refractivity contribution in [3.63, 3.8) is 0 Å². The molecule has 0 bridgehead atoms. The number of aromatic nitrogens is 5. The highest BCUT2D eigenvalue weighted by Crippen LogP contribution is 2.39. The van der Waals surface area contributed by atoms with Gasteiger partial charge in [-0.05, 0) is 19.8 Å². The number of hydrogen-bond acceptors (Lipinski definition) is 7. The van der Waals surface area contributed by atoms with E-state index in [2.05, 4.69) is 30.3 Å². The van der Waals surface area contributed by atoms with Gasteiger partial charge in [-0.3, -0.25) is 10.00 Å². The molecule has 0 spiro atoms. The molecule has 1 N–H and O–H groups in total. The molecule has 1 saturated carbocycles. The van der Waals surface area contributed by atoms with Gasteiger partial charge in [0, 0.05) is 19.0 Å². The normalized spacial score (nSPS) is 23.6. The van der Waals surface area contributed by atoms with Crippen molar-refractivity contribution >= 4 is 0 Å². The van der Waals surface area contributed by atoms with Gasteiger partial charge in [-0.15, -0.1) is 10.2 Å². The average Bonchev–Trinajstić information content (AvgIpc) is 3.09. The minimum atomic E-state index is -0.102. The Morgan fingerprint density at radius 3 is 3.00 bits per heavy atom. The standard InChI is InChI=1S/C13H18N6O2/c1-8-14-12(17-15-8)10-6-19(4-5-20-10)7-11-16-18-13(21-11)9-2-3-9/h9-10H,2-7H2,1H3,(H,14,15,17). The minimum Gasteiger partial charge on any atom is -0.424 e. The highest BCUT2D eigenvalue weighted by molar-refractivity contribution is 5.00. The monoisotopic (exact) mass is 290 g/mol. The van der Waals surface area contributed by atoms with Crippen LogP contribution in [0.4, 0.5) is 0 Å². The summed E-state index contributed by atoms with van der Waals surface area (Å²) in [6.07, 6.45) is 2.24. The van der Waals surface area contributed by atoms with E-state index in [1.807, 2.05) is 6.92 Å². The second kappa shape index (κ2) is 5.19. The fourth-order valence-electron chi connectivity index (χ4n) is 2.52. The summed E-state index contributed by atoms with van der Waals surface area (Å²) in [5.74, 6) is 3.49. The molecule has 2 aromatic rings. The number of morpholine rings is 1. The molecule has 0 amide bonds. The van der Waals surface area contributed by atoms with Gasteiger partial charge < -0.3 is 9.15 Å². The number of ether oxygens (including phenoxy) is 1. The molecule has 1 atom stereocenters. The summed E-state index contributed by atoms with van der Waals surface area (Å²) < 4.78 is 11.5. The number of hydrogen-bond donors (Lipinski definition) is 1. The molecule has 1 aliphatic heterocycles. The van der Waals surface area contributed by atoms with E-state index >= 15 is 0 Å². The van der Waals surface area contributed by atoms with E-state index in [9.17, 15) is 0 Å². The Labute approximate surface area is 121 Å². The summed E-state index contributed by atoms with van der Waals surface area (Å²) in [5, 5.41) is 15.3. The van der Waals surface area contributed by atoms with Gasteiger partial charge in [-0.25, -0.2) is 4.98 Å². The van der Waals surface area contributed by atoms with Gasteiger partial charge in [0.1, 0.15) is 11.9 Å². The zero-order valence-electron chi connectivity index (χ0n) is 11.9. The number of nitrogens with zero attached hydrogens (tertiary/aromatic N) is 5. The lowest BCUT2D eigenvalue weighted by Gasteiger charge is -2.30. The van der Waals surface area contributed by atoms with Crippen LogP contribution in [0, 0.1) is 6.92 Å². The second-order valence-electron chi connectivity index (χ2n) is 5.68. The summed E-state index contributed by atoms with van der Waals surface area (Å²) in [4.78, 5) is 6.58. The Bertz CT molecular complexity index is 620. The molecule has 21 heavy (non-hydrogen) atoms. The zero-order valence-corrected chi connectivity index (χ0v) is 11.9. The van der Waals surface area contributed by atoms with Crippen molar-refractivity contribution in [2.45, 2.75) is 38.3 Å². The Hall–Kier alpha value is -1.80. The van der Waals surface area contributed by atoms with Crippen LogP contribution in [0.15, 0.2) is 4.42 Å². The number of H-pyrrole nitrogens is 1. The predicted molar refractivity (Wildman–Crippen MR) is 71.4 cm³/mol. The van der Waals surface area contributed by atoms with E-state index < -0.39 is 0 Å². The van der Waals surface area contributed by atoms with E-state index in [0.29, 0.717) is 30.8 Å². The highest BCUT2D eigenvalue weighted by atomic mass is 16.5. The Kier molecular flexibility index (Phi) is 3.19. The van der Waals surface area contributed by atoms with Gasteiger partial charge in [0.15, 0.2) is 5.82 Å². The van der Waals surface area contributed by atoms with Crippen LogP contribution in [-0.4, -0.2) is 50.0 Å². The fourth-order valence-corrected chi connectivity index (χ4v) is 2.52. The first kappa shape index (κ1) is 12.9. The molecule has 1 unspecified atom stereocenters. The second-order valence-corrected chi connectivity index (χ2v) is 5.68. The number of aryl methyl sites for hydroxylation is 1. The highest BCUT2D eigenvalue weighted by Gasteiger charge is 2.30. The number of nitrogens with one attached hydrogen (secondary N) is 1. The van der Waals surface area contributed by atoms with Crippen LogP contribution >= 0.6 is 0 Å². The molecule has 1 aliphatic carbocycles. The van der Waals surface area contributed by atoms with Crippen molar-refractivity contribution in [2.24, 2.45) is 0 Å². The van der Waals surface area contributed by atoms with Gasteiger partial charge in [-0.1, -0.05) is 0 Å². The third-order valence-corrected chi connectivity index (χ3v) is 3.82. The molecule has 0 aromatic carbocycles. The van der Waals surface area contributed by atoms with Gasteiger partial charge in [0.2, 0.25) is 11.8 Å². The van der Waals surface area contributed by atoms with E-state index in [1.54, 1.807) is 0 Å². The molecule has 112 valence electrons. The first-order valence-corrected chi connectivity index (χ1v) is 7.33. The molecule has 8 nitrogen and oxygen atoms in total. The predicted octanol–water partition coefficient (Wildman–Crippen LogP) is 0.947. The summed E-state index contributed by atoms with van der Waals surface area (Å²) >= 11 is 0. The molecule has 2 aliphatic rings. The van der Waals surface area contributed by atoms with Crippen molar-refractivity contribution in [1.29, 1.82) is 0 Å². The molecular weight excluding hydrogens is 272 g/mol. The molecular formula is C13H18N6O2. The summed E-state index contributed by atoms with van der Waals surface area (Å²) in [7, 11) is 0. The maximum Gasteiger partial charge on any atom is 0.230 e. The maximum absolute atomic E-state index is 5.75. The minimum absolute atomic E-state index is 0.102. The van der Waals surface area contributed by atoms with Gasteiger partial charge in [0.25, 0.3) is 0 Å². The molecule has 3 heterocycles. The smallest absolute Gasteiger partial charge is 0.230 e. The lowest BCUT2D eigenvalue weighted by molar-refractivity contribution is -0.0393. The third kappa shape index (κ3) is 2.81. The number of rotatable bonds is 4. The Morgan fingerprint density at radius 1 is 1.33 bits per heavy atom. The Balaban J connectivity index is 1.40. The van der Waals surface area contributed by atoms with E-state index in [1.165, 1.54) is 12.8 Å². The largest absolute Gasteiger partial charge is 0.424 e. The number of aromatic amines is 1. The lowest BCUT2D eigenvalue weighted by atomic mass is 10.2. The van der Waals surface area contributed by atoms with Crippen molar-refractivity contribution in [3.05, 3.63) is 23.4 Å². The van der Waals surface area contributed by atoms with Crippen LogP contribution in [0.25, 0.3) is 0 Å². The van der Waals surface area contributed by atoms with Crippen LogP contribution in [0.1, 0.15) is 48.3 Å². The van der Waals surface area contributed by atoms with Crippen molar-refractivity contribution in [1.82, 2.24) is 30.3 Å². The first-order chi connectivity index (χ1) is 10.3. The van der Waals surface area contributed by atoms with Gasteiger partial charge >= 0.3 is 0 Å². The first-order valence-electron chi connectivity index (χ1n) is 7.33. The van der Waals surface area contributed by atoms with Crippen LogP contribution in [0.3, 0.4) is 0 Å². The van der Waals surface area contributed by atoms with Crippen molar-refractivity contribution < 1.29 is 9.15 Å². The summed E-state index contributed by atoms with van der Waals surface area (Å²) in [6, 6.07) is 0. The topological polar surface area (TPSA) is 93.0 Å². The molecule has 1 saturated heterocycles. The average molecular weight is 290 g/mol. The van der Waals surface area contributed by atoms with Crippen molar-refractivity contribution in [2.75, 3.05) is 19.7 Å². The summed E-state index contributed by atoms with van der Waals surface area (Å²) in [5.41, 5.74) is 0. The van der Waals surface area contributed by atoms with E-state index in [0.717, 1.165) is 24.8 Å². The maximum atomic E-state index is 5.75. The third-order valence-electron chi connectivity index (χ3n) is 3.82.